The molecule has 6 heteroatoms. The highest BCUT2D eigenvalue weighted by Gasteiger charge is 2.17. The average Bonchev–Trinajstić information content (AvgIpc) is 2.78. The molecule has 2 aromatic rings. The first-order chi connectivity index (χ1) is 10.3. The second kappa shape index (κ2) is 6.98. The van der Waals surface area contributed by atoms with Gasteiger partial charge in [0, 0.05) is 24.6 Å². The minimum Gasteiger partial charge on any atom is -0.352 e. The van der Waals surface area contributed by atoms with Crippen molar-refractivity contribution < 1.29 is 13.8 Å². The fraction of sp³-hybridized carbons (Fsp3) is 0.500. The van der Waals surface area contributed by atoms with Crippen LogP contribution in [0.5, 0.6) is 0 Å². The van der Waals surface area contributed by atoms with Gasteiger partial charge in [-0.2, -0.15) is 4.57 Å². The summed E-state index contributed by atoms with van der Waals surface area (Å²) in [6, 6.07) is 5.94. The highest BCUT2D eigenvalue weighted by molar-refractivity contribution is 8.00. The van der Waals surface area contributed by atoms with Crippen LogP contribution in [0.2, 0.25) is 0 Å². The molecular weight excluding hydrogens is 314 g/mol. The highest BCUT2D eigenvalue weighted by atomic mass is 32.2. The lowest BCUT2D eigenvalue weighted by Gasteiger charge is -2.23. The summed E-state index contributed by atoms with van der Waals surface area (Å²) in [6.07, 6.45) is 3.06. The molecule has 2 rings (SSSR count). The van der Waals surface area contributed by atoms with E-state index in [9.17, 15) is 4.79 Å². The maximum absolute atomic E-state index is 12.3. The topological polar surface area (TPSA) is 33.0 Å². The van der Waals surface area contributed by atoms with Crippen LogP contribution in [0.25, 0.3) is 10.2 Å². The normalized spacial score (nSPS) is 11.9. The van der Waals surface area contributed by atoms with Gasteiger partial charge in [-0.25, -0.2) is 0 Å². The van der Waals surface area contributed by atoms with Crippen molar-refractivity contribution in [3.63, 3.8) is 0 Å². The molecule has 4 nitrogen and oxygen atoms in total. The summed E-state index contributed by atoms with van der Waals surface area (Å²) in [5.41, 5.74) is 1.92. The van der Waals surface area contributed by atoms with E-state index in [0.29, 0.717) is 0 Å². The van der Waals surface area contributed by atoms with Crippen molar-refractivity contribution in [3.05, 3.63) is 23.8 Å². The van der Waals surface area contributed by atoms with Crippen LogP contribution >= 0.6 is 23.1 Å². The van der Waals surface area contributed by atoms with E-state index >= 15 is 0 Å². The Balaban J connectivity index is 2.03. The fourth-order valence-electron chi connectivity index (χ4n) is 2.31. The average molecular weight is 340 g/mol. The van der Waals surface area contributed by atoms with Gasteiger partial charge in [0.15, 0.2) is 0 Å². The Labute approximate surface area is 140 Å². The number of aryl methyl sites for hydroxylation is 1. The molecule has 1 heterocycles. The number of amides is 1. The van der Waals surface area contributed by atoms with Gasteiger partial charge in [0.2, 0.25) is 5.52 Å². The summed E-state index contributed by atoms with van der Waals surface area (Å²) in [4.78, 5) is 12.3. The number of nitrogens with zero attached hydrogens (tertiary/aromatic N) is 2. The number of thiazole rings is 1. The summed E-state index contributed by atoms with van der Waals surface area (Å²) in [7, 11) is 8.55. The van der Waals surface area contributed by atoms with Crippen LogP contribution in [-0.4, -0.2) is 50.9 Å². The Morgan fingerprint density at radius 2 is 2.09 bits per heavy atom. The first-order valence-corrected chi connectivity index (χ1v) is 9.41. The van der Waals surface area contributed by atoms with Gasteiger partial charge in [-0.05, 0) is 30.2 Å². The van der Waals surface area contributed by atoms with E-state index in [0.717, 1.165) is 34.3 Å². The van der Waals surface area contributed by atoms with E-state index in [4.69, 9.17) is 0 Å². The Morgan fingerprint density at radius 3 is 2.73 bits per heavy atom. The molecule has 0 aliphatic heterocycles. The standard InChI is InChI=1S/C16H24N3OS2/c1-18-13-8-7-12(11-14(13)22-16(18)21-5)15(20)17-9-6-10-19(2,3)4/h7-8,11H,6,9-10H2,1-5H3/q+1/p+1. The van der Waals surface area contributed by atoms with Crippen molar-refractivity contribution in [2.24, 2.45) is 7.05 Å². The fourth-order valence-corrected chi connectivity index (χ4v) is 4.20. The highest BCUT2D eigenvalue weighted by Crippen LogP contribution is 2.26. The third kappa shape index (κ3) is 4.21. The van der Waals surface area contributed by atoms with Gasteiger partial charge in [0.1, 0.15) is 11.7 Å². The van der Waals surface area contributed by atoms with E-state index in [2.05, 4.69) is 44.3 Å². The molecule has 0 fully saturated rings. The van der Waals surface area contributed by atoms with Crippen molar-refractivity contribution in [1.29, 1.82) is 0 Å². The molecule has 0 spiro atoms. The van der Waals surface area contributed by atoms with E-state index in [-0.39, 0.29) is 5.91 Å². The number of aromatic nitrogens is 1. The van der Waals surface area contributed by atoms with Crippen molar-refractivity contribution in [2.45, 2.75) is 10.8 Å². The molecule has 22 heavy (non-hydrogen) atoms. The largest absolute Gasteiger partial charge is 0.352 e. The van der Waals surface area contributed by atoms with Crippen LogP contribution < -0.4 is 9.88 Å². The van der Waals surface area contributed by atoms with E-state index in [1.54, 1.807) is 23.1 Å². The molecule has 0 unspecified atom stereocenters. The molecule has 120 valence electrons. The third-order valence-electron chi connectivity index (χ3n) is 3.52. The predicted octanol–water partition coefficient (Wildman–Crippen LogP) is 2.27. The smallest absolute Gasteiger partial charge is 0.297 e. The van der Waals surface area contributed by atoms with Crippen molar-refractivity contribution in [3.8, 4) is 0 Å². The molecule has 0 saturated heterocycles. The van der Waals surface area contributed by atoms with Crippen LogP contribution in [0.1, 0.15) is 16.8 Å². The van der Waals surface area contributed by atoms with E-state index < -0.39 is 0 Å². The van der Waals surface area contributed by atoms with Crippen LogP contribution in [0, 0.1) is 0 Å². The number of rotatable bonds is 6. The lowest BCUT2D eigenvalue weighted by Crippen LogP contribution is -2.37. The minimum absolute atomic E-state index is 0.0186. The SMILES string of the molecule is CSc1sc2cc(C(=O)NCCC[N+](C)(C)C)ccc2[n+]1C. The minimum atomic E-state index is 0.0186. The van der Waals surface area contributed by atoms with Gasteiger partial charge in [0.05, 0.1) is 27.7 Å². The zero-order chi connectivity index (χ0) is 16.3. The number of hydrogen-bond donors (Lipinski definition) is 1. The Kier molecular flexibility index (Phi) is 5.47. The Hall–Kier alpha value is -1.11. The van der Waals surface area contributed by atoms with Gasteiger partial charge in [-0.3, -0.25) is 4.79 Å². The van der Waals surface area contributed by atoms with Crippen LogP contribution in [0.15, 0.2) is 22.5 Å². The summed E-state index contributed by atoms with van der Waals surface area (Å²) in [5, 5.41) is 3.02. The Bertz CT molecular complexity index is 674. The molecule has 0 bridgehead atoms. The van der Waals surface area contributed by atoms with Gasteiger partial charge < -0.3 is 9.80 Å². The van der Waals surface area contributed by atoms with Crippen molar-refractivity contribution in [1.82, 2.24) is 5.32 Å². The molecule has 0 radical (unpaired) electrons. The monoisotopic (exact) mass is 339 g/mol. The number of carbonyl (C=O) groups excluding carboxylic acids is 1. The van der Waals surface area contributed by atoms with Crippen LogP contribution in [0.3, 0.4) is 0 Å². The number of quaternary nitrogens is 1. The zero-order valence-electron chi connectivity index (χ0n) is 14.0. The molecule has 0 aliphatic rings. The molecule has 1 amide bonds. The van der Waals surface area contributed by atoms with Gasteiger partial charge in [0.25, 0.3) is 10.2 Å². The summed E-state index contributed by atoms with van der Waals surface area (Å²) in [5.74, 6) is 0.0186. The molecular formula is C16H25N3OS2+2. The van der Waals surface area contributed by atoms with Crippen molar-refractivity contribution in [2.75, 3.05) is 40.5 Å². The summed E-state index contributed by atoms with van der Waals surface area (Å²) in [6.45, 7) is 1.78. The molecule has 0 atom stereocenters. The molecule has 0 aliphatic carbocycles. The number of thioether (sulfide) groups is 1. The van der Waals surface area contributed by atoms with Gasteiger partial charge in [-0.15, -0.1) is 0 Å². The summed E-state index contributed by atoms with van der Waals surface area (Å²) < 4.78 is 5.50. The van der Waals surface area contributed by atoms with Crippen LogP contribution in [-0.2, 0) is 7.05 Å². The molecule has 1 N–H and O–H groups in total. The number of carbonyl (C=O) groups is 1. The lowest BCUT2D eigenvalue weighted by molar-refractivity contribution is -0.870. The summed E-state index contributed by atoms with van der Waals surface area (Å²) >= 11 is 3.46. The first kappa shape index (κ1) is 17.2. The quantitative estimate of drug-likeness (QED) is 0.379. The maximum atomic E-state index is 12.3. The maximum Gasteiger partial charge on any atom is 0.297 e. The number of fused-ring (bicyclic) bond motifs is 1. The molecule has 1 aromatic carbocycles. The third-order valence-corrected chi connectivity index (χ3v) is 5.89. The molecule has 1 aromatic heterocycles. The van der Waals surface area contributed by atoms with Gasteiger partial charge in [-0.1, -0.05) is 11.3 Å². The zero-order valence-corrected chi connectivity index (χ0v) is 15.6. The van der Waals surface area contributed by atoms with E-state index in [1.807, 2.05) is 18.2 Å². The Morgan fingerprint density at radius 1 is 1.36 bits per heavy atom. The lowest BCUT2D eigenvalue weighted by atomic mass is 10.2. The second-order valence-electron chi connectivity index (χ2n) is 6.44. The second-order valence-corrected chi connectivity index (χ2v) is 8.52. The van der Waals surface area contributed by atoms with Crippen molar-refractivity contribution >= 4 is 39.2 Å². The molecule has 0 saturated carbocycles. The van der Waals surface area contributed by atoms with Gasteiger partial charge >= 0.3 is 0 Å². The number of nitrogens with one attached hydrogen (secondary N) is 1. The van der Waals surface area contributed by atoms with E-state index in [1.165, 1.54) is 9.86 Å². The number of benzene rings is 1. The van der Waals surface area contributed by atoms with Crippen LogP contribution in [0.4, 0.5) is 0 Å². The predicted molar refractivity (Wildman–Crippen MR) is 94.6 cm³/mol. The first-order valence-electron chi connectivity index (χ1n) is 7.37. The number of hydrogen-bond acceptors (Lipinski definition) is 3.